The lowest BCUT2D eigenvalue weighted by molar-refractivity contribution is 0.340. The first kappa shape index (κ1) is 15.7. The van der Waals surface area contributed by atoms with Gasteiger partial charge >= 0.3 is 0 Å². The van der Waals surface area contributed by atoms with Gasteiger partial charge in [-0.05, 0) is 43.5 Å². The number of hydrogen-bond acceptors (Lipinski definition) is 5. The Morgan fingerprint density at radius 1 is 1.26 bits per heavy atom. The molecule has 122 valence electrons. The summed E-state index contributed by atoms with van der Waals surface area (Å²) in [6.07, 6.45) is 4.01. The van der Waals surface area contributed by atoms with Crippen molar-refractivity contribution in [1.29, 1.82) is 0 Å². The third-order valence-electron chi connectivity index (χ3n) is 4.28. The summed E-state index contributed by atoms with van der Waals surface area (Å²) in [7, 11) is 1.70. The minimum atomic E-state index is 0.438. The Morgan fingerprint density at radius 3 is 2.83 bits per heavy atom. The number of anilines is 1. The molecule has 0 aliphatic carbocycles. The molecule has 2 heterocycles. The van der Waals surface area contributed by atoms with Crippen molar-refractivity contribution < 1.29 is 4.74 Å². The van der Waals surface area contributed by atoms with E-state index in [1.165, 1.54) is 5.56 Å². The molecule has 5 nitrogen and oxygen atoms in total. The maximum atomic E-state index is 5.20. The zero-order valence-corrected chi connectivity index (χ0v) is 13.8. The molecule has 0 saturated carbocycles. The van der Waals surface area contributed by atoms with Gasteiger partial charge in [-0.2, -0.15) is 0 Å². The fraction of sp³-hybridized carbons (Fsp3) is 0.444. The second-order valence-corrected chi connectivity index (χ2v) is 6.05. The predicted octanol–water partition coefficient (Wildman–Crippen LogP) is 2.52. The van der Waals surface area contributed by atoms with E-state index in [9.17, 15) is 0 Å². The zero-order chi connectivity index (χ0) is 16.1. The van der Waals surface area contributed by atoms with Crippen LogP contribution in [0.2, 0.25) is 0 Å². The van der Waals surface area contributed by atoms with E-state index in [4.69, 9.17) is 4.74 Å². The Labute approximate surface area is 137 Å². The van der Waals surface area contributed by atoms with Gasteiger partial charge in [0.25, 0.3) is 0 Å². The first-order valence-corrected chi connectivity index (χ1v) is 8.14. The molecule has 0 amide bonds. The van der Waals surface area contributed by atoms with E-state index in [-0.39, 0.29) is 0 Å². The number of nitrogens with zero attached hydrogens (tertiary/aromatic N) is 3. The number of methoxy groups -OCH3 is 1. The highest BCUT2D eigenvalue weighted by atomic mass is 16.5. The molecule has 3 rings (SSSR count). The Hall–Kier alpha value is -2.14. The molecule has 1 atom stereocenters. The van der Waals surface area contributed by atoms with Crippen LogP contribution in [-0.2, 0) is 6.42 Å². The molecule has 1 aromatic carbocycles. The normalized spacial score (nSPS) is 18.1. The first-order chi connectivity index (χ1) is 11.2. The van der Waals surface area contributed by atoms with E-state index in [1.807, 2.05) is 25.1 Å². The highest BCUT2D eigenvalue weighted by molar-refractivity contribution is 5.28. The van der Waals surface area contributed by atoms with Gasteiger partial charge < -0.3 is 15.0 Å². The molecule has 1 aromatic heterocycles. The lowest BCUT2D eigenvalue weighted by atomic mass is 10.1. The maximum Gasteiger partial charge on any atom is 0.223 e. The summed E-state index contributed by atoms with van der Waals surface area (Å²) in [4.78, 5) is 11.2. The quantitative estimate of drug-likeness (QED) is 0.888. The summed E-state index contributed by atoms with van der Waals surface area (Å²) in [5.41, 5.74) is 2.35. The number of hydrogen-bond donors (Lipinski definition) is 1. The van der Waals surface area contributed by atoms with Crippen LogP contribution >= 0.6 is 0 Å². The number of benzene rings is 1. The van der Waals surface area contributed by atoms with E-state index in [0.717, 1.165) is 49.9 Å². The summed E-state index contributed by atoms with van der Waals surface area (Å²) in [6.45, 7) is 5.24. The van der Waals surface area contributed by atoms with Crippen LogP contribution in [0.25, 0.3) is 0 Å². The second-order valence-electron chi connectivity index (χ2n) is 6.05. The zero-order valence-electron chi connectivity index (χ0n) is 13.8. The summed E-state index contributed by atoms with van der Waals surface area (Å²) in [5.74, 6) is 1.66. The van der Waals surface area contributed by atoms with Crippen molar-refractivity contribution in [2.75, 3.05) is 32.1 Å². The Bertz CT molecular complexity index is 629. The standard InChI is InChI=1S/C18H24N4O/c1-14-7-10-19-18(20-14)21-16-9-12-22(13-16)11-8-15-3-5-17(23-2)6-4-15/h3-7,10,16H,8-9,11-13H2,1-2H3,(H,19,20,21). The van der Waals surface area contributed by atoms with E-state index in [1.54, 1.807) is 13.3 Å². The van der Waals surface area contributed by atoms with E-state index in [2.05, 4.69) is 32.3 Å². The lowest BCUT2D eigenvalue weighted by Crippen LogP contribution is -2.28. The lowest BCUT2D eigenvalue weighted by Gasteiger charge is -2.16. The van der Waals surface area contributed by atoms with Gasteiger partial charge in [-0.25, -0.2) is 9.97 Å². The molecule has 0 radical (unpaired) electrons. The van der Waals surface area contributed by atoms with Crippen LogP contribution in [0.3, 0.4) is 0 Å². The smallest absolute Gasteiger partial charge is 0.223 e. The van der Waals surface area contributed by atoms with Crippen LogP contribution in [0.15, 0.2) is 36.5 Å². The SMILES string of the molecule is COc1ccc(CCN2CCC(Nc3nccc(C)n3)C2)cc1. The van der Waals surface area contributed by atoms with Crippen molar-refractivity contribution in [3.05, 3.63) is 47.8 Å². The number of aromatic nitrogens is 2. The van der Waals surface area contributed by atoms with Crippen LogP contribution in [-0.4, -0.2) is 47.7 Å². The van der Waals surface area contributed by atoms with Gasteiger partial charge in [-0.1, -0.05) is 12.1 Å². The number of rotatable bonds is 6. The van der Waals surface area contributed by atoms with Gasteiger partial charge in [0.2, 0.25) is 5.95 Å². The van der Waals surface area contributed by atoms with Crippen molar-refractivity contribution in [3.63, 3.8) is 0 Å². The van der Waals surface area contributed by atoms with Crippen molar-refractivity contribution >= 4 is 5.95 Å². The molecule has 1 aliphatic heterocycles. The van der Waals surface area contributed by atoms with Crippen LogP contribution < -0.4 is 10.1 Å². The minimum Gasteiger partial charge on any atom is -0.497 e. The largest absolute Gasteiger partial charge is 0.497 e. The molecule has 5 heteroatoms. The van der Waals surface area contributed by atoms with Gasteiger partial charge in [-0.15, -0.1) is 0 Å². The van der Waals surface area contributed by atoms with Gasteiger partial charge in [0.15, 0.2) is 0 Å². The van der Waals surface area contributed by atoms with E-state index < -0.39 is 0 Å². The third-order valence-corrected chi connectivity index (χ3v) is 4.28. The number of nitrogens with one attached hydrogen (secondary N) is 1. The summed E-state index contributed by atoms with van der Waals surface area (Å²) in [5, 5.41) is 3.44. The van der Waals surface area contributed by atoms with Gasteiger partial charge in [-0.3, -0.25) is 0 Å². The minimum absolute atomic E-state index is 0.438. The van der Waals surface area contributed by atoms with Crippen LogP contribution in [0.1, 0.15) is 17.7 Å². The van der Waals surface area contributed by atoms with Crippen LogP contribution in [0.5, 0.6) is 5.75 Å². The third kappa shape index (κ3) is 4.42. The van der Waals surface area contributed by atoms with Crippen molar-refractivity contribution in [1.82, 2.24) is 14.9 Å². The molecule has 0 bridgehead atoms. The van der Waals surface area contributed by atoms with Crippen LogP contribution in [0.4, 0.5) is 5.95 Å². The summed E-state index contributed by atoms with van der Waals surface area (Å²) >= 11 is 0. The first-order valence-electron chi connectivity index (χ1n) is 8.14. The van der Waals surface area contributed by atoms with Gasteiger partial charge in [0, 0.05) is 37.6 Å². The Balaban J connectivity index is 1.46. The van der Waals surface area contributed by atoms with Crippen molar-refractivity contribution in [3.8, 4) is 5.75 Å². The molecule has 1 saturated heterocycles. The molecule has 1 N–H and O–H groups in total. The van der Waals surface area contributed by atoms with Crippen LogP contribution in [0, 0.1) is 6.92 Å². The average molecular weight is 312 g/mol. The molecule has 23 heavy (non-hydrogen) atoms. The molecular formula is C18H24N4O. The fourth-order valence-electron chi connectivity index (χ4n) is 2.93. The highest BCUT2D eigenvalue weighted by Crippen LogP contribution is 2.16. The predicted molar refractivity (Wildman–Crippen MR) is 91.9 cm³/mol. The van der Waals surface area contributed by atoms with E-state index >= 15 is 0 Å². The maximum absolute atomic E-state index is 5.20. The number of aryl methyl sites for hydroxylation is 1. The average Bonchev–Trinajstić information content (AvgIpc) is 3.01. The van der Waals surface area contributed by atoms with Gasteiger partial charge in [0.05, 0.1) is 7.11 Å². The molecule has 2 aromatic rings. The second kappa shape index (κ2) is 7.42. The monoisotopic (exact) mass is 312 g/mol. The summed E-state index contributed by atoms with van der Waals surface area (Å²) < 4.78 is 5.20. The number of likely N-dealkylation sites (tertiary alicyclic amines) is 1. The van der Waals surface area contributed by atoms with Crippen molar-refractivity contribution in [2.24, 2.45) is 0 Å². The molecule has 1 unspecified atom stereocenters. The summed E-state index contributed by atoms with van der Waals surface area (Å²) in [6, 6.07) is 10.7. The molecule has 1 fully saturated rings. The topological polar surface area (TPSA) is 50.3 Å². The fourth-order valence-corrected chi connectivity index (χ4v) is 2.93. The number of ether oxygens (including phenoxy) is 1. The van der Waals surface area contributed by atoms with Crippen molar-refractivity contribution in [2.45, 2.75) is 25.8 Å². The van der Waals surface area contributed by atoms with Gasteiger partial charge in [0.1, 0.15) is 5.75 Å². The molecule has 0 spiro atoms. The molecular weight excluding hydrogens is 288 g/mol. The highest BCUT2D eigenvalue weighted by Gasteiger charge is 2.22. The van der Waals surface area contributed by atoms with E-state index in [0.29, 0.717) is 6.04 Å². The Kier molecular flexibility index (Phi) is 5.08. The Morgan fingerprint density at radius 2 is 2.09 bits per heavy atom. The molecule has 1 aliphatic rings.